The monoisotopic (exact) mass is 396 g/mol. The third kappa shape index (κ3) is 4.83. The molecule has 152 valence electrons. The number of piperazine rings is 1. The molecule has 0 radical (unpaired) electrons. The van der Waals surface area contributed by atoms with E-state index >= 15 is 0 Å². The van der Waals surface area contributed by atoms with Crippen molar-refractivity contribution in [1.29, 1.82) is 0 Å². The molecule has 0 bridgehead atoms. The van der Waals surface area contributed by atoms with Crippen LogP contribution < -0.4 is 10.4 Å². The molecule has 6 heteroatoms. The van der Waals surface area contributed by atoms with Crippen LogP contribution in [0.15, 0.2) is 57.7 Å². The van der Waals surface area contributed by atoms with E-state index in [4.69, 9.17) is 9.15 Å². The number of halogens is 1. The average Bonchev–Trinajstić information content (AvgIpc) is 2.70. The number of rotatable bonds is 6. The second kappa shape index (κ2) is 8.76. The third-order valence-electron chi connectivity index (χ3n) is 5.26. The van der Waals surface area contributed by atoms with Gasteiger partial charge in [0.05, 0.1) is 6.61 Å². The molecule has 29 heavy (non-hydrogen) atoms. The van der Waals surface area contributed by atoms with Crippen molar-refractivity contribution in [2.24, 2.45) is 0 Å². The summed E-state index contributed by atoms with van der Waals surface area (Å²) in [6, 6.07) is 13.9. The third-order valence-corrected chi connectivity index (χ3v) is 5.26. The van der Waals surface area contributed by atoms with Crippen molar-refractivity contribution in [3.63, 3.8) is 0 Å². The largest absolute Gasteiger partial charge is 0.494 e. The van der Waals surface area contributed by atoms with Crippen molar-refractivity contribution in [1.82, 2.24) is 9.80 Å². The minimum atomic E-state index is -0.332. The molecule has 3 aromatic rings. The first-order chi connectivity index (χ1) is 14.1. The Morgan fingerprint density at radius 1 is 1.00 bits per heavy atom. The molecule has 1 aliphatic rings. The summed E-state index contributed by atoms with van der Waals surface area (Å²) in [6.45, 7) is 7.56. The Bertz CT molecular complexity index is 1040. The molecule has 1 saturated heterocycles. The molecule has 4 rings (SSSR count). The van der Waals surface area contributed by atoms with Gasteiger partial charge in [0.25, 0.3) is 0 Å². The lowest BCUT2D eigenvalue weighted by atomic mass is 10.1. The lowest BCUT2D eigenvalue weighted by molar-refractivity contribution is 0.122. The van der Waals surface area contributed by atoms with E-state index in [9.17, 15) is 9.18 Å². The number of benzene rings is 2. The fourth-order valence-electron chi connectivity index (χ4n) is 3.83. The van der Waals surface area contributed by atoms with Crippen LogP contribution in [-0.2, 0) is 13.1 Å². The van der Waals surface area contributed by atoms with Gasteiger partial charge in [0.2, 0.25) is 0 Å². The van der Waals surface area contributed by atoms with Crippen molar-refractivity contribution in [2.75, 3.05) is 32.8 Å². The van der Waals surface area contributed by atoms with E-state index in [1.165, 1.54) is 6.07 Å². The second-order valence-corrected chi connectivity index (χ2v) is 7.36. The molecular formula is C23H25FN2O3. The predicted octanol–water partition coefficient (Wildman–Crippen LogP) is 3.65. The Kier molecular flexibility index (Phi) is 5.92. The highest BCUT2D eigenvalue weighted by Crippen LogP contribution is 2.24. The van der Waals surface area contributed by atoms with Crippen LogP contribution in [0.1, 0.15) is 18.1 Å². The van der Waals surface area contributed by atoms with Crippen LogP contribution >= 0.6 is 0 Å². The van der Waals surface area contributed by atoms with Crippen LogP contribution in [0.3, 0.4) is 0 Å². The van der Waals surface area contributed by atoms with Gasteiger partial charge in [-0.15, -0.1) is 0 Å². The molecule has 1 aromatic heterocycles. The lowest BCUT2D eigenvalue weighted by Gasteiger charge is -2.34. The van der Waals surface area contributed by atoms with Gasteiger partial charge in [-0.2, -0.15) is 0 Å². The highest BCUT2D eigenvalue weighted by molar-refractivity contribution is 5.81. The Labute approximate surface area is 169 Å². The van der Waals surface area contributed by atoms with Crippen LogP contribution in [0.2, 0.25) is 0 Å². The van der Waals surface area contributed by atoms with Gasteiger partial charge in [0, 0.05) is 50.7 Å². The standard InChI is InChI=1S/C23H25FN2O3/c1-2-28-20-6-7-22-21(14-20)18(13-23(27)29-22)16-26-10-8-25(9-11-26)15-17-4-3-5-19(24)12-17/h3-7,12-14H,2,8-11,15-16H2,1H3. The van der Waals surface area contributed by atoms with Gasteiger partial charge in [-0.3, -0.25) is 9.80 Å². The summed E-state index contributed by atoms with van der Waals surface area (Å²) in [6.07, 6.45) is 0. The topological polar surface area (TPSA) is 45.9 Å². The number of hydrogen-bond acceptors (Lipinski definition) is 5. The molecule has 0 atom stereocenters. The number of fused-ring (bicyclic) bond motifs is 1. The zero-order valence-electron chi connectivity index (χ0n) is 16.6. The van der Waals surface area contributed by atoms with Crippen molar-refractivity contribution in [3.8, 4) is 5.75 Å². The Balaban J connectivity index is 1.44. The maximum Gasteiger partial charge on any atom is 0.336 e. The molecule has 0 saturated carbocycles. The molecule has 0 aliphatic carbocycles. The summed E-state index contributed by atoms with van der Waals surface area (Å²) < 4.78 is 24.3. The average molecular weight is 396 g/mol. The van der Waals surface area contributed by atoms with Crippen molar-refractivity contribution in [3.05, 3.63) is 75.9 Å². The summed E-state index contributed by atoms with van der Waals surface area (Å²) in [5, 5.41) is 0.915. The van der Waals surface area contributed by atoms with Gasteiger partial charge >= 0.3 is 5.63 Å². The summed E-state index contributed by atoms with van der Waals surface area (Å²) in [7, 11) is 0. The fraction of sp³-hybridized carbons (Fsp3) is 0.348. The van der Waals surface area contributed by atoms with Crippen LogP contribution in [0.5, 0.6) is 5.75 Å². The summed E-state index contributed by atoms with van der Waals surface area (Å²) in [4.78, 5) is 16.7. The van der Waals surface area contributed by atoms with Gasteiger partial charge in [0.15, 0.2) is 0 Å². The van der Waals surface area contributed by atoms with E-state index in [-0.39, 0.29) is 11.4 Å². The Morgan fingerprint density at radius 3 is 2.48 bits per heavy atom. The van der Waals surface area contributed by atoms with E-state index in [1.54, 1.807) is 24.3 Å². The summed E-state index contributed by atoms with van der Waals surface area (Å²) in [5.41, 5.74) is 2.20. The van der Waals surface area contributed by atoms with Crippen molar-refractivity contribution in [2.45, 2.75) is 20.0 Å². The van der Waals surface area contributed by atoms with Crippen LogP contribution in [0, 0.1) is 5.82 Å². The molecule has 2 aromatic carbocycles. The first-order valence-electron chi connectivity index (χ1n) is 9.99. The number of hydrogen-bond donors (Lipinski definition) is 0. The smallest absolute Gasteiger partial charge is 0.336 e. The maximum atomic E-state index is 13.4. The van der Waals surface area contributed by atoms with E-state index in [2.05, 4.69) is 9.80 Å². The highest BCUT2D eigenvalue weighted by Gasteiger charge is 2.19. The van der Waals surface area contributed by atoms with Gasteiger partial charge < -0.3 is 9.15 Å². The SMILES string of the molecule is CCOc1ccc2oc(=O)cc(CN3CCN(Cc4cccc(F)c4)CC3)c2c1. The minimum absolute atomic E-state index is 0.192. The number of ether oxygens (including phenoxy) is 1. The quantitative estimate of drug-likeness (QED) is 0.595. The zero-order chi connectivity index (χ0) is 20.2. The highest BCUT2D eigenvalue weighted by atomic mass is 19.1. The predicted molar refractivity (Wildman–Crippen MR) is 111 cm³/mol. The first-order valence-corrected chi connectivity index (χ1v) is 9.99. The second-order valence-electron chi connectivity index (χ2n) is 7.36. The van der Waals surface area contributed by atoms with Crippen LogP contribution in [0.25, 0.3) is 11.0 Å². The molecule has 0 unspecified atom stereocenters. The molecule has 1 fully saturated rings. The Morgan fingerprint density at radius 2 is 1.76 bits per heavy atom. The van der Waals surface area contributed by atoms with Crippen molar-refractivity contribution < 1.29 is 13.5 Å². The molecule has 0 amide bonds. The van der Waals surface area contributed by atoms with Gasteiger partial charge in [-0.05, 0) is 48.4 Å². The molecule has 1 aliphatic heterocycles. The fourth-order valence-corrected chi connectivity index (χ4v) is 3.83. The minimum Gasteiger partial charge on any atom is -0.494 e. The first kappa shape index (κ1) is 19.6. The van der Waals surface area contributed by atoms with Crippen molar-refractivity contribution >= 4 is 11.0 Å². The molecule has 2 heterocycles. The summed E-state index contributed by atoms with van der Waals surface area (Å²) in [5.74, 6) is 0.581. The molecule has 0 N–H and O–H groups in total. The van der Waals surface area contributed by atoms with Gasteiger partial charge in [-0.1, -0.05) is 12.1 Å². The van der Waals surface area contributed by atoms with E-state index in [1.807, 2.05) is 25.1 Å². The van der Waals surface area contributed by atoms with E-state index in [0.717, 1.165) is 55.0 Å². The molecule has 0 spiro atoms. The number of nitrogens with zero attached hydrogens (tertiary/aromatic N) is 2. The van der Waals surface area contributed by atoms with Crippen LogP contribution in [0.4, 0.5) is 4.39 Å². The maximum absolute atomic E-state index is 13.4. The van der Waals surface area contributed by atoms with Crippen LogP contribution in [-0.4, -0.2) is 42.6 Å². The van der Waals surface area contributed by atoms with E-state index in [0.29, 0.717) is 18.7 Å². The lowest BCUT2D eigenvalue weighted by Crippen LogP contribution is -2.45. The Hall–Kier alpha value is -2.70. The van der Waals surface area contributed by atoms with Gasteiger partial charge in [0.1, 0.15) is 17.1 Å². The van der Waals surface area contributed by atoms with E-state index < -0.39 is 0 Å². The molecular weight excluding hydrogens is 371 g/mol. The normalized spacial score (nSPS) is 15.7. The zero-order valence-corrected chi connectivity index (χ0v) is 16.6. The van der Waals surface area contributed by atoms with Gasteiger partial charge in [-0.25, -0.2) is 9.18 Å². The molecule has 5 nitrogen and oxygen atoms in total. The summed E-state index contributed by atoms with van der Waals surface area (Å²) >= 11 is 0.